The van der Waals surface area contributed by atoms with Gasteiger partial charge in [0.15, 0.2) is 0 Å². The van der Waals surface area contributed by atoms with E-state index in [1.54, 1.807) is 6.07 Å². The lowest BCUT2D eigenvalue weighted by Gasteiger charge is -2.23. The summed E-state index contributed by atoms with van der Waals surface area (Å²) < 4.78 is 18.6. The molecule has 1 aromatic rings. The number of anilines is 1. The number of nitriles is 1. The number of likely N-dealkylation sites (N-methyl/N-ethyl adjacent to an activating group) is 1. The Kier molecular flexibility index (Phi) is 3.60. The maximum atomic E-state index is 13.0. The Morgan fingerprint density at radius 2 is 2.41 bits per heavy atom. The van der Waals surface area contributed by atoms with Crippen LogP contribution in [0.1, 0.15) is 18.4 Å². The van der Waals surface area contributed by atoms with Gasteiger partial charge in [-0.25, -0.2) is 4.39 Å². The van der Waals surface area contributed by atoms with Gasteiger partial charge < -0.3 is 9.64 Å². The molecule has 1 unspecified atom stereocenters. The fourth-order valence-corrected chi connectivity index (χ4v) is 2.12. The van der Waals surface area contributed by atoms with E-state index in [1.165, 1.54) is 12.1 Å². The van der Waals surface area contributed by atoms with Gasteiger partial charge in [-0.2, -0.15) is 5.26 Å². The highest BCUT2D eigenvalue weighted by Crippen LogP contribution is 2.22. The van der Waals surface area contributed by atoms with Gasteiger partial charge in [-0.1, -0.05) is 0 Å². The molecule has 0 radical (unpaired) electrons. The summed E-state index contributed by atoms with van der Waals surface area (Å²) in [5.41, 5.74) is 1.12. The normalized spacial score (nSPS) is 19.0. The fraction of sp³-hybridized carbons (Fsp3) is 0.462. The van der Waals surface area contributed by atoms with E-state index in [2.05, 4.69) is 0 Å². The van der Waals surface area contributed by atoms with Gasteiger partial charge in [0, 0.05) is 20.2 Å². The fourth-order valence-electron chi connectivity index (χ4n) is 2.12. The van der Waals surface area contributed by atoms with Crippen LogP contribution in [0.5, 0.6) is 0 Å². The van der Waals surface area contributed by atoms with Crippen molar-refractivity contribution in [2.75, 3.05) is 25.1 Å². The third-order valence-electron chi connectivity index (χ3n) is 2.99. The smallest absolute Gasteiger partial charge is 0.124 e. The van der Waals surface area contributed by atoms with Crippen molar-refractivity contribution in [2.24, 2.45) is 0 Å². The van der Waals surface area contributed by atoms with Gasteiger partial charge in [0.2, 0.25) is 0 Å². The van der Waals surface area contributed by atoms with Crippen molar-refractivity contribution in [3.63, 3.8) is 0 Å². The summed E-state index contributed by atoms with van der Waals surface area (Å²) >= 11 is 0. The summed E-state index contributed by atoms with van der Waals surface area (Å²) in [5.74, 6) is -0.379. The summed E-state index contributed by atoms with van der Waals surface area (Å²) in [6.07, 6.45) is 2.36. The monoisotopic (exact) mass is 234 g/mol. The Labute approximate surface area is 100 Å². The molecule has 1 aliphatic rings. The van der Waals surface area contributed by atoms with E-state index < -0.39 is 0 Å². The van der Waals surface area contributed by atoms with Crippen LogP contribution in [0.2, 0.25) is 0 Å². The first-order valence-electron chi connectivity index (χ1n) is 5.73. The van der Waals surface area contributed by atoms with Gasteiger partial charge >= 0.3 is 0 Å². The minimum Gasteiger partial charge on any atom is -0.376 e. The third-order valence-corrected chi connectivity index (χ3v) is 2.99. The van der Waals surface area contributed by atoms with E-state index in [4.69, 9.17) is 10.00 Å². The first kappa shape index (κ1) is 11.9. The topological polar surface area (TPSA) is 36.3 Å². The van der Waals surface area contributed by atoms with Crippen LogP contribution >= 0.6 is 0 Å². The number of nitrogens with zero attached hydrogens (tertiary/aromatic N) is 2. The van der Waals surface area contributed by atoms with Crippen LogP contribution in [0.4, 0.5) is 10.1 Å². The van der Waals surface area contributed by atoms with Crippen LogP contribution in [-0.2, 0) is 4.74 Å². The lowest BCUT2D eigenvalue weighted by molar-refractivity contribution is 0.116. The highest BCUT2D eigenvalue weighted by Gasteiger charge is 2.18. The molecule has 1 atom stereocenters. The molecule has 1 heterocycles. The summed E-state index contributed by atoms with van der Waals surface area (Å²) in [6.45, 7) is 1.55. The molecule has 90 valence electrons. The number of ether oxygens (including phenoxy) is 1. The van der Waals surface area contributed by atoms with Crippen molar-refractivity contribution in [2.45, 2.75) is 18.9 Å². The number of hydrogen-bond donors (Lipinski definition) is 0. The second kappa shape index (κ2) is 5.15. The van der Waals surface area contributed by atoms with Gasteiger partial charge in [-0.3, -0.25) is 0 Å². The molecule has 1 aromatic carbocycles. The van der Waals surface area contributed by atoms with Crippen LogP contribution in [0.15, 0.2) is 18.2 Å². The molecule has 0 aliphatic carbocycles. The van der Waals surface area contributed by atoms with E-state index in [0.29, 0.717) is 5.56 Å². The number of hydrogen-bond acceptors (Lipinski definition) is 3. The molecule has 0 saturated carbocycles. The first-order chi connectivity index (χ1) is 8.20. The number of rotatable bonds is 3. The largest absolute Gasteiger partial charge is 0.376 e. The maximum absolute atomic E-state index is 13.0. The molecule has 4 heteroatoms. The molecule has 0 spiro atoms. The minimum atomic E-state index is -0.379. The molecular formula is C13H15FN2O. The molecule has 17 heavy (non-hydrogen) atoms. The Balaban J connectivity index is 2.12. The Morgan fingerprint density at radius 1 is 1.59 bits per heavy atom. The van der Waals surface area contributed by atoms with Crippen molar-refractivity contribution in [3.8, 4) is 6.07 Å². The summed E-state index contributed by atoms with van der Waals surface area (Å²) in [6, 6.07) is 6.30. The lowest BCUT2D eigenvalue weighted by Crippen LogP contribution is -2.29. The maximum Gasteiger partial charge on any atom is 0.124 e. The summed E-state index contributed by atoms with van der Waals surface area (Å²) in [7, 11) is 1.90. The molecule has 0 bridgehead atoms. The summed E-state index contributed by atoms with van der Waals surface area (Å²) in [4.78, 5) is 1.95. The molecule has 3 nitrogen and oxygen atoms in total. The lowest BCUT2D eigenvalue weighted by atomic mass is 10.1. The Hall–Kier alpha value is -1.60. The summed E-state index contributed by atoms with van der Waals surface area (Å²) in [5, 5.41) is 8.98. The van der Waals surface area contributed by atoms with Crippen molar-refractivity contribution >= 4 is 5.69 Å². The van der Waals surface area contributed by atoms with Crippen LogP contribution in [0, 0.1) is 17.1 Å². The second-order valence-electron chi connectivity index (χ2n) is 4.29. The quantitative estimate of drug-likeness (QED) is 0.805. The van der Waals surface area contributed by atoms with E-state index in [1.807, 2.05) is 18.0 Å². The first-order valence-corrected chi connectivity index (χ1v) is 5.73. The predicted octanol–water partition coefficient (Wildman–Crippen LogP) is 2.31. The van der Waals surface area contributed by atoms with Gasteiger partial charge in [-0.15, -0.1) is 0 Å². The van der Waals surface area contributed by atoms with Crippen LogP contribution in [-0.4, -0.2) is 26.3 Å². The van der Waals surface area contributed by atoms with Crippen LogP contribution < -0.4 is 4.90 Å². The van der Waals surface area contributed by atoms with Crippen LogP contribution in [0.3, 0.4) is 0 Å². The van der Waals surface area contributed by atoms with Crippen molar-refractivity contribution in [1.29, 1.82) is 5.26 Å². The number of halogens is 1. The zero-order chi connectivity index (χ0) is 12.3. The van der Waals surface area contributed by atoms with Gasteiger partial charge in [0.25, 0.3) is 0 Å². The minimum absolute atomic E-state index is 0.219. The van der Waals surface area contributed by atoms with Crippen molar-refractivity contribution in [3.05, 3.63) is 29.6 Å². The molecule has 1 aliphatic heterocycles. The van der Waals surface area contributed by atoms with E-state index in [-0.39, 0.29) is 11.9 Å². The van der Waals surface area contributed by atoms with Gasteiger partial charge in [0.1, 0.15) is 11.9 Å². The van der Waals surface area contributed by atoms with Crippen molar-refractivity contribution < 1.29 is 9.13 Å². The standard InChI is InChI=1S/C13H15FN2O/c1-16(9-12-3-2-6-17-12)13-5-4-11(14)7-10(13)8-15/h4-5,7,12H,2-3,6,9H2,1H3. The zero-order valence-corrected chi connectivity index (χ0v) is 9.82. The van der Waals surface area contributed by atoms with E-state index in [9.17, 15) is 4.39 Å². The zero-order valence-electron chi connectivity index (χ0n) is 9.82. The molecule has 0 amide bonds. The third kappa shape index (κ3) is 2.75. The molecule has 1 saturated heterocycles. The second-order valence-corrected chi connectivity index (χ2v) is 4.29. The van der Waals surface area contributed by atoms with Gasteiger partial charge in [0.05, 0.1) is 17.4 Å². The van der Waals surface area contributed by atoms with Crippen molar-refractivity contribution in [1.82, 2.24) is 0 Å². The molecule has 1 fully saturated rings. The molecular weight excluding hydrogens is 219 g/mol. The van der Waals surface area contributed by atoms with Gasteiger partial charge in [-0.05, 0) is 31.0 Å². The predicted molar refractivity (Wildman–Crippen MR) is 63.4 cm³/mol. The average molecular weight is 234 g/mol. The van der Waals surface area contributed by atoms with Crippen LogP contribution in [0.25, 0.3) is 0 Å². The van der Waals surface area contributed by atoms with E-state index >= 15 is 0 Å². The Morgan fingerprint density at radius 3 is 3.06 bits per heavy atom. The molecule has 2 rings (SSSR count). The highest BCUT2D eigenvalue weighted by atomic mass is 19.1. The number of benzene rings is 1. The van der Waals surface area contributed by atoms with E-state index in [0.717, 1.165) is 31.7 Å². The molecule has 0 aromatic heterocycles. The molecule has 0 N–H and O–H groups in total. The average Bonchev–Trinajstić information content (AvgIpc) is 2.81. The highest BCUT2D eigenvalue weighted by molar-refractivity contribution is 5.59. The Bertz CT molecular complexity index is 436. The SMILES string of the molecule is CN(CC1CCCO1)c1ccc(F)cc1C#N.